The molecule has 1 unspecified atom stereocenters. The minimum atomic E-state index is -4.79. The van der Waals surface area contributed by atoms with Crippen LogP contribution in [0.1, 0.15) is 61.3 Å². The van der Waals surface area contributed by atoms with E-state index in [1.54, 1.807) is 0 Å². The number of nitrogens with one attached hydrogen (secondary N) is 1. The first-order chi connectivity index (χ1) is 16.3. The van der Waals surface area contributed by atoms with Crippen molar-refractivity contribution in [3.8, 4) is 5.75 Å². The van der Waals surface area contributed by atoms with Gasteiger partial charge < -0.3 is 35.2 Å². The number of hydrogen-bond acceptors (Lipinski definition) is 6. The zero-order chi connectivity index (χ0) is 24.8. The number of phenols is 1. The van der Waals surface area contributed by atoms with Gasteiger partial charge in [0, 0.05) is 25.3 Å². The van der Waals surface area contributed by atoms with Crippen LogP contribution < -0.4 is 10.6 Å². The van der Waals surface area contributed by atoms with Gasteiger partial charge in [0.2, 0.25) is 0 Å². The first-order valence-electron chi connectivity index (χ1n) is 11.9. The summed E-state index contributed by atoms with van der Waals surface area (Å²) in [5, 5.41) is 32.2. The lowest BCUT2D eigenvalue weighted by atomic mass is 10.0. The van der Waals surface area contributed by atoms with Crippen molar-refractivity contribution in [2.24, 2.45) is 0 Å². The predicted molar refractivity (Wildman–Crippen MR) is 132 cm³/mol. The average Bonchev–Trinajstić information content (AvgIpc) is 2.81. The molecular formula is C25H38NO7P. The zero-order valence-electron chi connectivity index (χ0n) is 19.6. The lowest BCUT2D eigenvalue weighted by Gasteiger charge is -2.20. The summed E-state index contributed by atoms with van der Waals surface area (Å²) in [4.78, 5) is 19.2. The van der Waals surface area contributed by atoms with Crippen LogP contribution in [-0.4, -0.2) is 51.4 Å². The molecule has 0 amide bonds. The fourth-order valence-electron chi connectivity index (χ4n) is 3.85. The summed E-state index contributed by atoms with van der Waals surface area (Å²) in [6.45, 7) is 1.58. The van der Waals surface area contributed by atoms with Crippen LogP contribution in [0.5, 0.6) is 5.75 Å². The van der Waals surface area contributed by atoms with E-state index < -0.39 is 31.4 Å². The molecule has 34 heavy (non-hydrogen) atoms. The Balaban J connectivity index is 1.54. The molecular weight excluding hydrogens is 457 g/mol. The topological polar surface area (TPSA) is 139 Å². The molecule has 6 N–H and O–H groups in total. The SMILES string of the molecule is O=P(O)(O)c1c(C(O)CNCCCCCCOCCCCc2ccccc2)ccc(O)c1CO. The number of ether oxygens (including phenoxy) is 1. The van der Waals surface area contributed by atoms with Crippen LogP contribution >= 0.6 is 7.60 Å². The fraction of sp³-hybridized carbons (Fsp3) is 0.520. The molecule has 2 aromatic carbocycles. The molecule has 0 saturated carbocycles. The summed E-state index contributed by atoms with van der Waals surface area (Å²) in [7, 11) is -4.79. The molecule has 0 bridgehead atoms. The van der Waals surface area contributed by atoms with Gasteiger partial charge in [0.05, 0.1) is 18.0 Å². The van der Waals surface area contributed by atoms with Crippen molar-refractivity contribution in [3.05, 3.63) is 59.2 Å². The Morgan fingerprint density at radius 2 is 1.59 bits per heavy atom. The van der Waals surface area contributed by atoms with E-state index in [1.165, 1.54) is 17.7 Å². The fourth-order valence-corrected chi connectivity index (χ4v) is 4.95. The normalized spacial score (nSPS) is 12.7. The van der Waals surface area contributed by atoms with Gasteiger partial charge in [-0.25, -0.2) is 0 Å². The Hall–Kier alpha value is -1.77. The number of aliphatic hydroxyl groups is 2. The highest BCUT2D eigenvalue weighted by molar-refractivity contribution is 7.60. The third-order valence-corrected chi connectivity index (χ3v) is 6.79. The van der Waals surface area contributed by atoms with E-state index in [9.17, 15) is 29.7 Å². The molecule has 0 aliphatic heterocycles. The maximum absolute atomic E-state index is 11.9. The minimum Gasteiger partial charge on any atom is -0.508 e. The van der Waals surface area contributed by atoms with Crippen LogP contribution in [0.2, 0.25) is 0 Å². The summed E-state index contributed by atoms with van der Waals surface area (Å²) >= 11 is 0. The van der Waals surface area contributed by atoms with Gasteiger partial charge in [0.25, 0.3) is 0 Å². The van der Waals surface area contributed by atoms with Crippen LogP contribution in [0, 0.1) is 0 Å². The summed E-state index contributed by atoms with van der Waals surface area (Å²) < 4.78 is 17.6. The smallest absolute Gasteiger partial charge is 0.357 e. The van der Waals surface area contributed by atoms with Gasteiger partial charge in [-0.05, 0) is 55.8 Å². The van der Waals surface area contributed by atoms with Crippen molar-refractivity contribution < 1.29 is 34.4 Å². The van der Waals surface area contributed by atoms with Gasteiger partial charge in [-0.2, -0.15) is 0 Å². The Labute approximate surface area is 201 Å². The van der Waals surface area contributed by atoms with Crippen LogP contribution in [0.4, 0.5) is 0 Å². The minimum absolute atomic E-state index is 0.00333. The third kappa shape index (κ3) is 9.84. The number of rotatable bonds is 17. The molecule has 0 saturated heterocycles. The molecule has 190 valence electrons. The van der Waals surface area contributed by atoms with Gasteiger partial charge in [-0.1, -0.05) is 49.2 Å². The zero-order valence-corrected chi connectivity index (χ0v) is 20.5. The van der Waals surface area contributed by atoms with Crippen LogP contribution in [-0.2, 0) is 22.3 Å². The predicted octanol–water partition coefficient (Wildman–Crippen LogP) is 2.91. The average molecular weight is 496 g/mol. The second kappa shape index (κ2) is 15.3. The first kappa shape index (κ1) is 28.5. The first-order valence-corrected chi connectivity index (χ1v) is 13.5. The van der Waals surface area contributed by atoms with Gasteiger partial charge in [0.15, 0.2) is 0 Å². The number of unbranched alkanes of at least 4 members (excludes halogenated alkanes) is 4. The van der Waals surface area contributed by atoms with Crippen molar-refractivity contribution in [3.63, 3.8) is 0 Å². The molecule has 0 aliphatic carbocycles. The largest absolute Gasteiger partial charge is 0.508 e. The second-order valence-corrected chi connectivity index (χ2v) is 9.93. The molecule has 0 aromatic heterocycles. The van der Waals surface area contributed by atoms with Gasteiger partial charge in [0.1, 0.15) is 5.75 Å². The Bertz CT molecular complexity index is 888. The number of aryl methyl sites for hydroxylation is 1. The van der Waals surface area contributed by atoms with Crippen molar-refractivity contribution in [2.75, 3.05) is 26.3 Å². The van der Waals surface area contributed by atoms with Crippen LogP contribution in [0.25, 0.3) is 0 Å². The van der Waals surface area contributed by atoms with E-state index in [2.05, 4.69) is 29.6 Å². The van der Waals surface area contributed by atoms with E-state index in [1.807, 2.05) is 6.07 Å². The Morgan fingerprint density at radius 1 is 0.912 bits per heavy atom. The van der Waals surface area contributed by atoms with E-state index in [0.29, 0.717) is 6.54 Å². The van der Waals surface area contributed by atoms with E-state index in [4.69, 9.17) is 4.74 Å². The lowest BCUT2D eigenvalue weighted by Crippen LogP contribution is -2.27. The lowest BCUT2D eigenvalue weighted by molar-refractivity contribution is 0.126. The highest BCUT2D eigenvalue weighted by Gasteiger charge is 2.30. The molecule has 0 radical (unpaired) electrons. The van der Waals surface area contributed by atoms with Gasteiger partial charge in [-0.3, -0.25) is 4.57 Å². The van der Waals surface area contributed by atoms with Crippen molar-refractivity contribution in [2.45, 2.75) is 57.7 Å². The maximum Gasteiger partial charge on any atom is 0.357 e. The van der Waals surface area contributed by atoms with Crippen molar-refractivity contribution in [1.82, 2.24) is 5.32 Å². The number of aliphatic hydroxyl groups excluding tert-OH is 2. The molecule has 2 aromatic rings. The molecule has 0 fully saturated rings. The Morgan fingerprint density at radius 3 is 2.26 bits per heavy atom. The summed E-state index contributed by atoms with van der Waals surface area (Å²) in [5.74, 6) is -0.416. The summed E-state index contributed by atoms with van der Waals surface area (Å²) in [6.07, 6.45) is 6.08. The highest BCUT2D eigenvalue weighted by atomic mass is 31.2. The van der Waals surface area contributed by atoms with Crippen LogP contribution in [0.3, 0.4) is 0 Å². The number of benzene rings is 2. The molecule has 0 spiro atoms. The molecule has 9 heteroatoms. The quantitative estimate of drug-likeness (QED) is 0.145. The van der Waals surface area contributed by atoms with E-state index in [-0.39, 0.29) is 17.7 Å². The Kier molecular flexibility index (Phi) is 12.8. The number of hydrogen-bond donors (Lipinski definition) is 6. The molecule has 0 heterocycles. The molecule has 2 rings (SSSR count). The maximum atomic E-state index is 11.9. The summed E-state index contributed by atoms with van der Waals surface area (Å²) in [6, 6.07) is 12.9. The molecule has 1 atom stereocenters. The van der Waals surface area contributed by atoms with E-state index >= 15 is 0 Å². The van der Waals surface area contributed by atoms with Crippen molar-refractivity contribution in [1.29, 1.82) is 0 Å². The second-order valence-electron chi connectivity index (χ2n) is 8.39. The standard InChI is InChI=1S/C25H38NO7P/c27-19-22-23(28)14-13-21(25(22)34(30,31)32)24(29)18-26-15-7-1-2-8-16-33-17-9-6-12-20-10-4-3-5-11-20/h3-5,10-11,13-14,24,26-29H,1-2,6-9,12,15-19H2,(H2,30,31,32). The molecule has 8 nitrogen and oxygen atoms in total. The van der Waals surface area contributed by atoms with Crippen molar-refractivity contribution >= 4 is 12.9 Å². The van der Waals surface area contributed by atoms with Gasteiger partial charge in [-0.15, -0.1) is 0 Å². The molecule has 0 aliphatic rings. The third-order valence-electron chi connectivity index (χ3n) is 5.67. The van der Waals surface area contributed by atoms with Gasteiger partial charge >= 0.3 is 7.60 Å². The van der Waals surface area contributed by atoms with Crippen LogP contribution in [0.15, 0.2) is 42.5 Å². The number of aromatic hydroxyl groups is 1. The summed E-state index contributed by atoms with van der Waals surface area (Å²) in [5.41, 5.74) is 1.11. The highest BCUT2D eigenvalue weighted by Crippen LogP contribution is 2.40. The monoisotopic (exact) mass is 495 g/mol. The van der Waals surface area contributed by atoms with E-state index in [0.717, 1.165) is 58.2 Å².